The van der Waals surface area contributed by atoms with Crippen molar-refractivity contribution in [2.75, 3.05) is 14.2 Å². The number of hydrogen-bond donors (Lipinski definition) is 1. The molecule has 0 fully saturated rings. The van der Waals surface area contributed by atoms with Crippen molar-refractivity contribution in [1.29, 1.82) is 0 Å². The fourth-order valence-electron chi connectivity index (χ4n) is 2.05. The Morgan fingerprint density at radius 1 is 1.39 bits per heavy atom. The molecule has 0 spiro atoms. The van der Waals surface area contributed by atoms with E-state index < -0.39 is 0 Å². The van der Waals surface area contributed by atoms with Crippen LogP contribution in [0.1, 0.15) is 43.9 Å². The van der Waals surface area contributed by atoms with E-state index in [9.17, 15) is 0 Å². The van der Waals surface area contributed by atoms with E-state index in [0.29, 0.717) is 6.04 Å². The Labute approximate surface area is 116 Å². The van der Waals surface area contributed by atoms with E-state index in [4.69, 9.17) is 16.3 Å². The highest BCUT2D eigenvalue weighted by Gasteiger charge is 2.20. The number of nitrogens with one attached hydrogen (secondary N) is 1. The van der Waals surface area contributed by atoms with Gasteiger partial charge < -0.3 is 10.1 Å². The van der Waals surface area contributed by atoms with Crippen LogP contribution >= 0.6 is 11.6 Å². The molecule has 0 aliphatic heterocycles. The second-order valence-corrected chi connectivity index (χ2v) is 5.71. The Kier molecular flexibility index (Phi) is 5.64. The summed E-state index contributed by atoms with van der Waals surface area (Å²) < 4.78 is 5.47. The molecule has 0 bridgehead atoms. The number of rotatable bonds is 6. The average molecular weight is 270 g/mol. The predicted molar refractivity (Wildman–Crippen MR) is 78.3 cm³/mol. The van der Waals surface area contributed by atoms with E-state index >= 15 is 0 Å². The predicted octanol–water partition coefficient (Wildman–Crippen LogP) is 4.11. The minimum Gasteiger partial charge on any atom is -0.379 e. The molecule has 18 heavy (non-hydrogen) atoms. The number of methoxy groups -OCH3 is 1. The van der Waals surface area contributed by atoms with E-state index in [-0.39, 0.29) is 5.60 Å². The van der Waals surface area contributed by atoms with Gasteiger partial charge in [0.05, 0.1) is 5.60 Å². The van der Waals surface area contributed by atoms with Crippen LogP contribution in [0.25, 0.3) is 0 Å². The van der Waals surface area contributed by atoms with Gasteiger partial charge in [-0.15, -0.1) is 0 Å². The fourth-order valence-corrected chi connectivity index (χ4v) is 2.23. The zero-order valence-corrected chi connectivity index (χ0v) is 12.8. The molecule has 0 aromatic heterocycles. The van der Waals surface area contributed by atoms with Crippen LogP contribution in [0.2, 0.25) is 5.02 Å². The number of halogens is 1. The first-order valence-corrected chi connectivity index (χ1v) is 6.76. The highest BCUT2D eigenvalue weighted by Crippen LogP contribution is 2.29. The van der Waals surface area contributed by atoms with Crippen molar-refractivity contribution in [1.82, 2.24) is 5.32 Å². The van der Waals surface area contributed by atoms with Crippen LogP contribution < -0.4 is 5.32 Å². The van der Waals surface area contributed by atoms with Crippen molar-refractivity contribution >= 4 is 11.6 Å². The van der Waals surface area contributed by atoms with Crippen molar-refractivity contribution in [3.05, 3.63) is 34.3 Å². The first-order chi connectivity index (χ1) is 8.41. The molecule has 0 saturated carbocycles. The van der Waals surface area contributed by atoms with Crippen molar-refractivity contribution in [3.8, 4) is 0 Å². The van der Waals surface area contributed by atoms with Gasteiger partial charge in [-0.25, -0.2) is 0 Å². The standard InChI is InChI=1S/C15H24ClNO/c1-11-12(7-6-8-13(11)16)14(17-4)9-10-15(2,3)18-5/h6-8,14,17H,9-10H2,1-5H3. The van der Waals surface area contributed by atoms with Gasteiger partial charge in [-0.2, -0.15) is 0 Å². The maximum atomic E-state index is 6.18. The SMILES string of the molecule is CNC(CCC(C)(C)OC)c1cccc(Cl)c1C. The molecule has 102 valence electrons. The molecule has 3 heteroatoms. The molecule has 1 aromatic carbocycles. The summed E-state index contributed by atoms with van der Waals surface area (Å²) in [7, 11) is 3.75. The van der Waals surface area contributed by atoms with Gasteiger partial charge >= 0.3 is 0 Å². The minimum absolute atomic E-state index is 0.0818. The summed E-state index contributed by atoms with van der Waals surface area (Å²) in [5.41, 5.74) is 2.35. The molecule has 0 heterocycles. The molecule has 1 N–H and O–H groups in total. The number of ether oxygens (including phenoxy) is 1. The molecule has 0 amide bonds. The minimum atomic E-state index is -0.0818. The molecule has 1 unspecified atom stereocenters. The van der Waals surface area contributed by atoms with Crippen molar-refractivity contribution < 1.29 is 4.74 Å². The zero-order chi connectivity index (χ0) is 13.8. The zero-order valence-electron chi connectivity index (χ0n) is 12.0. The summed E-state index contributed by atoms with van der Waals surface area (Å²) in [5.74, 6) is 0. The third kappa shape index (κ3) is 3.98. The number of hydrogen-bond acceptors (Lipinski definition) is 2. The summed E-state index contributed by atoms with van der Waals surface area (Å²) in [6.07, 6.45) is 2.03. The number of benzene rings is 1. The molecular weight excluding hydrogens is 246 g/mol. The van der Waals surface area contributed by atoms with E-state index in [1.165, 1.54) is 5.56 Å². The van der Waals surface area contributed by atoms with E-state index in [2.05, 4.69) is 32.2 Å². The smallest absolute Gasteiger partial charge is 0.0623 e. The quantitative estimate of drug-likeness (QED) is 0.839. The Morgan fingerprint density at radius 3 is 2.61 bits per heavy atom. The summed E-state index contributed by atoms with van der Waals surface area (Å²) in [5, 5.41) is 4.20. The first kappa shape index (κ1) is 15.5. The largest absolute Gasteiger partial charge is 0.379 e. The fraction of sp³-hybridized carbons (Fsp3) is 0.600. The van der Waals surface area contributed by atoms with Crippen LogP contribution in [0, 0.1) is 6.92 Å². The maximum absolute atomic E-state index is 6.18. The van der Waals surface area contributed by atoms with E-state index in [1.54, 1.807) is 7.11 Å². The van der Waals surface area contributed by atoms with Gasteiger partial charge in [0.2, 0.25) is 0 Å². The lowest BCUT2D eigenvalue weighted by atomic mass is 9.93. The second kappa shape index (κ2) is 6.55. The molecule has 0 radical (unpaired) electrons. The molecule has 0 saturated heterocycles. The lowest BCUT2D eigenvalue weighted by Crippen LogP contribution is -2.26. The molecule has 1 aromatic rings. The third-order valence-corrected chi connectivity index (χ3v) is 4.03. The Hall–Kier alpha value is -0.570. The Bertz CT molecular complexity index is 390. The highest BCUT2D eigenvalue weighted by atomic mass is 35.5. The van der Waals surface area contributed by atoms with Crippen LogP contribution in [0.5, 0.6) is 0 Å². The van der Waals surface area contributed by atoms with Crippen LogP contribution in [0.4, 0.5) is 0 Å². The van der Waals surface area contributed by atoms with Gasteiger partial charge in [-0.3, -0.25) is 0 Å². The summed E-state index contributed by atoms with van der Waals surface area (Å²) in [6, 6.07) is 6.41. The van der Waals surface area contributed by atoms with E-state index in [0.717, 1.165) is 23.4 Å². The normalized spacial score (nSPS) is 13.7. The summed E-state index contributed by atoms with van der Waals surface area (Å²) in [4.78, 5) is 0. The Morgan fingerprint density at radius 2 is 2.06 bits per heavy atom. The van der Waals surface area contributed by atoms with Crippen LogP contribution in [-0.2, 0) is 4.74 Å². The summed E-state index contributed by atoms with van der Waals surface area (Å²) >= 11 is 6.18. The van der Waals surface area contributed by atoms with Crippen molar-refractivity contribution in [2.24, 2.45) is 0 Å². The molecule has 1 atom stereocenters. The highest BCUT2D eigenvalue weighted by molar-refractivity contribution is 6.31. The van der Waals surface area contributed by atoms with Gasteiger partial charge in [-0.1, -0.05) is 23.7 Å². The van der Waals surface area contributed by atoms with Crippen molar-refractivity contribution in [2.45, 2.75) is 45.3 Å². The first-order valence-electron chi connectivity index (χ1n) is 6.38. The maximum Gasteiger partial charge on any atom is 0.0623 e. The monoisotopic (exact) mass is 269 g/mol. The van der Waals surface area contributed by atoms with Gasteiger partial charge in [0.15, 0.2) is 0 Å². The lowest BCUT2D eigenvalue weighted by Gasteiger charge is -2.26. The van der Waals surface area contributed by atoms with Crippen molar-refractivity contribution in [3.63, 3.8) is 0 Å². The van der Waals surface area contributed by atoms with Crippen LogP contribution in [0.15, 0.2) is 18.2 Å². The molecule has 1 rings (SSSR count). The van der Waals surface area contributed by atoms with E-state index in [1.807, 2.05) is 19.2 Å². The third-order valence-electron chi connectivity index (χ3n) is 3.62. The molecular formula is C15H24ClNO. The molecule has 0 aliphatic rings. The van der Waals surface area contributed by atoms with Crippen LogP contribution in [-0.4, -0.2) is 19.8 Å². The van der Waals surface area contributed by atoms with Gasteiger partial charge in [0.1, 0.15) is 0 Å². The van der Waals surface area contributed by atoms with Gasteiger partial charge in [0.25, 0.3) is 0 Å². The molecule has 2 nitrogen and oxygen atoms in total. The van der Waals surface area contributed by atoms with Gasteiger partial charge in [0, 0.05) is 18.2 Å². The Balaban J connectivity index is 2.81. The lowest BCUT2D eigenvalue weighted by molar-refractivity contribution is 0.0118. The topological polar surface area (TPSA) is 21.3 Å². The van der Waals surface area contributed by atoms with Gasteiger partial charge in [-0.05, 0) is 57.9 Å². The summed E-state index contributed by atoms with van der Waals surface area (Å²) in [6.45, 7) is 6.30. The van der Waals surface area contributed by atoms with Crippen LogP contribution in [0.3, 0.4) is 0 Å². The molecule has 0 aliphatic carbocycles. The average Bonchev–Trinajstić information content (AvgIpc) is 2.35. The second-order valence-electron chi connectivity index (χ2n) is 5.30.